The van der Waals surface area contributed by atoms with E-state index in [2.05, 4.69) is 19.9 Å². The number of pyridine rings is 4. The SMILES string of the molecule is COc1nc(C)ccc1Oc1ncc(C(F)(F)F)c(C)c1-c1cc(=O)c2c(C(N)=O)nccc2[nH]1. The third-order valence-corrected chi connectivity index (χ3v) is 5.22. The molecule has 4 rings (SSSR count). The van der Waals surface area contributed by atoms with Gasteiger partial charge in [-0.05, 0) is 37.6 Å². The number of halogens is 3. The van der Waals surface area contributed by atoms with Crippen LogP contribution >= 0.6 is 0 Å². The number of carbonyl (C=O) groups excluding carboxylic acids is 1. The predicted octanol–water partition coefficient (Wildman–Crippen LogP) is 3.92. The number of nitrogens with zero attached hydrogens (tertiary/aromatic N) is 3. The minimum atomic E-state index is -4.71. The highest BCUT2D eigenvalue weighted by molar-refractivity contribution is 6.03. The van der Waals surface area contributed by atoms with Crippen LogP contribution in [0.3, 0.4) is 0 Å². The maximum Gasteiger partial charge on any atom is 0.418 e. The molecule has 1 amide bonds. The summed E-state index contributed by atoms with van der Waals surface area (Å²) < 4.78 is 52.1. The molecule has 4 aromatic heterocycles. The van der Waals surface area contributed by atoms with Gasteiger partial charge in [0.25, 0.3) is 11.8 Å². The molecule has 0 spiro atoms. The number of nitrogens with one attached hydrogen (secondary N) is 1. The molecule has 0 aliphatic heterocycles. The Morgan fingerprint density at radius 3 is 2.51 bits per heavy atom. The average molecular weight is 485 g/mol. The number of carbonyl (C=O) groups is 1. The van der Waals surface area contributed by atoms with Crippen LogP contribution in [0.15, 0.2) is 41.5 Å². The van der Waals surface area contributed by atoms with Crippen molar-refractivity contribution in [1.29, 1.82) is 0 Å². The summed E-state index contributed by atoms with van der Waals surface area (Å²) in [7, 11) is 1.37. The van der Waals surface area contributed by atoms with E-state index in [1.54, 1.807) is 13.0 Å². The van der Waals surface area contributed by atoms with Gasteiger partial charge in [-0.25, -0.2) is 9.97 Å². The molecule has 0 radical (unpaired) electrons. The number of primary amides is 1. The zero-order valence-electron chi connectivity index (χ0n) is 18.6. The summed E-state index contributed by atoms with van der Waals surface area (Å²) in [6.45, 7) is 2.97. The van der Waals surface area contributed by atoms with E-state index in [1.165, 1.54) is 32.4 Å². The fraction of sp³-hybridized carbons (Fsp3) is 0.174. The number of aryl methyl sites for hydroxylation is 1. The second kappa shape index (κ2) is 8.70. The van der Waals surface area contributed by atoms with Crippen molar-refractivity contribution >= 4 is 16.8 Å². The van der Waals surface area contributed by atoms with E-state index in [-0.39, 0.29) is 50.9 Å². The number of H-pyrrole nitrogens is 1. The van der Waals surface area contributed by atoms with Crippen LogP contribution in [-0.2, 0) is 6.18 Å². The Hall–Kier alpha value is -4.48. The van der Waals surface area contributed by atoms with Crippen molar-refractivity contribution in [2.24, 2.45) is 5.73 Å². The molecule has 0 fully saturated rings. The Kier molecular flexibility index (Phi) is 5.89. The number of rotatable bonds is 5. The summed E-state index contributed by atoms with van der Waals surface area (Å²) in [5.74, 6) is -0.943. The summed E-state index contributed by atoms with van der Waals surface area (Å²) in [5, 5.41) is -0.0896. The molecule has 0 unspecified atom stereocenters. The standard InChI is InChI=1S/C23H18F3N5O4/c1-10-4-5-16(21(30-10)34-3)35-22-17(11(2)12(9-29-22)23(24,25)26)14-8-15(32)18-13(31-14)6-7-28-19(18)20(27)33/h4-9H,1-3H3,(H2,27,33)(H,31,32). The highest BCUT2D eigenvalue weighted by Gasteiger charge is 2.35. The number of aromatic nitrogens is 4. The van der Waals surface area contributed by atoms with Crippen LogP contribution in [0.5, 0.6) is 17.5 Å². The van der Waals surface area contributed by atoms with Crippen molar-refractivity contribution in [1.82, 2.24) is 19.9 Å². The molecule has 35 heavy (non-hydrogen) atoms. The summed E-state index contributed by atoms with van der Waals surface area (Å²) in [4.78, 5) is 39.4. The number of methoxy groups -OCH3 is 1. The fourth-order valence-corrected chi connectivity index (χ4v) is 3.63. The molecule has 0 aliphatic rings. The van der Waals surface area contributed by atoms with Gasteiger partial charge < -0.3 is 20.2 Å². The van der Waals surface area contributed by atoms with Crippen LogP contribution in [0, 0.1) is 13.8 Å². The van der Waals surface area contributed by atoms with E-state index >= 15 is 0 Å². The molecule has 0 atom stereocenters. The van der Waals surface area contributed by atoms with Gasteiger partial charge in [-0.15, -0.1) is 0 Å². The maximum atomic E-state index is 13.7. The average Bonchev–Trinajstić information content (AvgIpc) is 2.78. The van der Waals surface area contributed by atoms with Gasteiger partial charge in [0, 0.05) is 24.2 Å². The summed E-state index contributed by atoms with van der Waals surface area (Å²) in [5.41, 5.74) is 3.77. The number of hydrogen-bond acceptors (Lipinski definition) is 7. The molecular weight excluding hydrogens is 467 g/mol. The molecule has 0 saturated carbocycles. The quantitative estimate of drug-likeness (QED) is 0.438. The first-order valence-corrected chi connectivity index (χ1v) is 10.1. The highest BCUT2D eigenvalue weighted by atomic mass is 19.4. The molecular formula is C23H18F3N5O4. The van der Waals surface area contributed by atoms with Gasteiger partial charge in [0.15, 0.2) is 11.2 Å². The normalized spacial score (nSPS) is 11.5. The Bertz CT molecular complexity index is 1530. The number of amides is 1. The zero-order chi connectivity index (χ0) is 25.5. The molecule has 0 saturated heterocycles. The monoisotopic (exact) mass is 485 g/mol. The van der Waals surface area contributed by atoms with Gasteiger partial charge in [-0.1, -0.05) is 0 Å². The Balaban J connectivity index is 1.99. The topological polar surface area (TPSA) is 133 Å². The van der Waals surface area contributed by atoms with E-state index in [9.17, 15) is 22.8 Å². The molecule has 3 N–H and O–H groups in total. The summed E-state index contributed by atoms with van der Waals surface area (Å²) in [6.07, 6.45) is -2.82. The first kappa shape index (κ1) is 23.7. The van der Waals surface area contributed by atoms with Crippen molar-refractivity contribution in [3.05, 3.63) is 69.4 Å². The lowest BCUT2D eigenvalue weighted by molar-refractivity contribution is -0.138. The van der Waals surface area contributed by atoms with Crippen molar-refractivity contribution in [3.8, 4) is 28.8 Å². The van der Waals surface area contributed by atoms with Crippen LogP contribution in [0.4, 0.5) is 13.2 Å². The molecule has 0 aliphatic carbocycles. The largest absolute Gasteiger partial charge is 0.478 e. The van der Waals surface area contributed by atoms with Gasteiger partial charge in [0.1, 0.15) is 5.69 Å². The second-order valence-electron chi connectivity index (χ2n) is 7.53. The Morgan fingerprint density at radius 1 is 1.11 bits per heavy atom. The number of aromatic amines is 1. The van der Waals surface area contributed by atoms with Crippen molar-refractivity contribution in [2.75, 3.05) is 7.11 Å². The number of nitrogens with two attached hydrogens (primary N) is 1. The van der Waals surface area contributed by atoms with Crippen molar-refractivity contribution in [2.45, 2.75) is 20.0 Å². The van der Waals surface area contributed by atoms with Gasteiger partial charge in [-0.3, -0.25) is 14.6 Å². The molecule has 4 heterocycles. The van der Waals surface area contributed by atoms with E-state index < -0.39 is 23.1 Å². The Morgan fingerprint density at radius 2 is 1.86 bits per heavy atom. The molecule has 180 valence electrons. The highest BCUT2D eigenvalue weighted by Crippen LogP contribution is 2.41. The number of alkyl halides is 3. The summed E-state index contributed by atoms with van der Waals surface area (Å²) >= 11 is 0. The smallest absolute Gasteiger partial charge is 0.418 e. The lowest BCUT2D eigenvalue weighted by Gasteiger charge is -2.18. The van der Waals surface area contributed by atoms with E-state index in [0.717, 1.165) is 6.07 Å². The van der Waals surface area contributed by atoms with Crippen molar-refractivity contribution in [3.63, 3.8) is 0 Å². The van der Waals surface area contributed by atoms with Crippen LogP contribution < -0.4 is 20.6 Å². The first-order chi connectivity index (χ1) is 16.5. The van der Waals surface area contributed by atoms with Crippen LogP contribution in [0.2, 0.25) is 0 Å². The number of hydrogen-bond donors (Lipinski definition) is 2. The van der Waals surface area contributed by atoms with Gasteiger partial charge in [0.2, 0.25) is 5.88 Å². The molecule has 12 heteroatoms. The van der Waals surface area contributed by atoms with Gasteiger partial charge in [-0.2, -0.15) is 13.2 Å². The molecule has 0 bridgehead atoms. The zero-order valence-corrected chi connectivity index (χ0v) is 18.6. The predicted molar refractivity (Wildman–Crippen MR) is 119 cm³/mol. The number of ether oxygens (including phenoxy) is 2. The Labute approximate surface area is 195 Å². The van der Waals surface area contributed by atoms with Crippen LogP contribution in [-0.4, -0.2) is 33.0 Å². The van der Waals surface area contributed by atoms with Gasteiger partial charge >= 0.3 is 6.18 Å². The van der Waals surface area contributed by atoms with E-state index in [1.807, 2.05) is 0 Å². The lowest BCUT2D eigenvalue weighted by atomic mass is 10.0. The first-order valence-electron chi connectivity index (χ1n) is 10.1. The second-order valence-corrected chi connectivity index (χ2v) is 7.53. The van der Waals surface area contributed by atoms with E-state index in [0.29, 0.717) is 11.9 Å². The lowest BCUT2D eigenvalue weighted by Crippen LogP contribution is -2.18. The van der Waals surface area contributed by atoms with E-state index in [4.69, 9.17) is 15.2 Å². The third kappa shape index (κ3) is 4.37. The number of fused-ring (bicyclic) bond motifs is 1. The minimum Gasteiger partial charge on any atom is -0.478 e. The van der Waals surface area contributed by atoms with Crippen LogP contribution in [0.1, 0.15) is 27.3 Å². The molecule has 4 aromatic rings. The molecule has 0 aromatic carbocycles. The minimum absolute atomic E-state index is 0.0192. The summed E-state index contributed by atoms with van der Waals surface area (Å²) in [6, 6.07) is 5.60. The van der Waals surface area contributed by atoms with Crippen LogP contribution in [0.25, 0.3) is 22.2 Å². The third-order valence-electron chi connectivity index (χ3n) is 5.22. The van der Waals surface area contributed by atoms with Gasteiger partial charge in [0.05, 0.1) is 34.8 Å². The van der Waals surface area contributed by atoms with Crippen molar-refractivity contribution < 1.29 is 27.4 Å². The maximum absolute atomic E-state index is 13.7. The fourth-order valence-electron chi connectivity index (χ4n) is 3.63. The molecule has 9 nitrogen and oxygen atoms in total.